The molecule has 0 atom stereocenters. The fourth-order valence-corrected chi connectivity index (χ4v) is 1.53. The normalized spacial score (nSPS) is 11.5. The second kappa shape index (κ2) is 3.28. The van der Waals surface area contributed by atoms with Crippen LogP contribution in [0.25, 0.3) is 0 Å². The van der Waals surface area contributed by atoms with E-state index in [0.717, 1.165) is 5.56 Å². The van der Waals surface area contributed by atoms with E-state index in [1.165, 1.54) is 0 Å². The summed E-state index contributed by atoms with van der Waals surface area (Å²) < 4.78 is 0. The van der Waals surface area contributed by atoms with E-state index >= 15 is 0 Å². The molecule has 0 amide bonds. The highest BCUT2D eigenvalue weighted by molar-refractivity contribution is 7.57. The molecule has 1 aromatic carbocycles. The summed E-state index contributed by atoms with van der Waals surface area (Å²) in [4.78, 5) is 26.1. The van der Waals surface area contributed by atoms with Crippen molar-refractivity contribution in [2.24, 2.45) is 0 Å². The summed E-state index contributed by atoms with van der Waals surface area (Å²) in [5.74, 6) is 0. The lowest BCUT2D eigenvalue weighted by molar-refractivity contribution is 0.329. The zero-order valence-corrected chi connectivity index (χ0v) is 6.78. The SMILES string of the molecule is O[P+](O)(O)Cc1ccccc1. The van der Waals surface area contributed by atoms with Gasteiger partial charge >= 0.3 is 7.94 Å². The summed E-state index contributed by atoms with van der Waals surface area (Å²) in [5.41, 5.74) is 0.730. The van der Waals surface area contributed by atoms with Crippen molar-refractivity contribution in [1.29, 1.82) is 0 Å². The highest BCUT2D eigenvalue weighted by atomic mass is 31.2. The first-order chi connectivity index (χ1) is 5.08. The maximum atomic E-state index is 8.69. The molecule has 0 saturated heterocycles. The summed E-state index contributed by atoms with van der Waals surface area (Å²) >= 11 is 0. The van der Waals surface area contributed by atoms with Crippen molar-refractivity contribution < 1.29 is 14.7 Å². The van der Waals surface area contributed by atoms with Gasteiger partial charge in [-0.25, -0.2) is 0 Å². The molecule has 11 heavy (non-hydrogen) atoms. The Bertz CT molecular complexity index is 217. The third-order valence-corrected chi connectivity index (χ3v) is 2.03. The van der Waals surface area contributed by atoms with E-state index in [1.807, 2.05) is 6.07 Å². The van der Waals surface area contributed by atoms with Crippen molar-refractivity contribution >= 4 is 7.94 Å². The Labute approximate surface area is 65.5 Å². The van der Waals surface area contributed by atoms with Crippen LogP contribution < -0.4 is 0 Å². The molecule has 60 valence electrons. The van der Waals surface area contributed by atoms with Crippen molar-refractivity contribution in [2.45, 2.75) is 6.16 Å². The maximum Gasteiger partial charge on any atom is 0.408 e. The standard InChI is InChI=1S/C7H10O3P/c8-11(9,10)6-7-4-2-1-3-5-7/h1-5,8-10H,6H2/q+1. The molecule has 0 spiro atoms. The summed E-state index contributed by atoms with van der Waals surface area (Å²) in [7, 11) is -3.64. The Kier molecular flexibility index (Phi) is 2.58. The number of rotatable bonds is 2. The van der Waals surface area contributed by atoms with E-state index in [4.69, 9.17) is 14.7 Å². The fraction of sp³-hybridized carbons (Fsp3) is 0.143. The second-order valence-corrected chi connectivity index (χ2v) is 4.04. The summed E-state index contributed by atoms with van der Waals surface area (Å²) in [6.45, 7) is 0. The van der Waals surface area contributed by atoms with Gasteiger partial charge in [0.1, 0.15) is 0 Å². The van der Waals surface area contributed by atoms with Crippen molar-refractivity contribution in [2.75, 3.05) is 0 Å². The van der Waals surface area contributed by atoms with Crippen LogP contribution in [0.2, 0.25) is 0 Å². The van der Waals surface area contributed by atoms with Gasteiger partial charge in [-0.15, -0.1) is 0 Å². The van der Waals surface area contributed by atoms with Crippen molar-refractivity contribution in [3.05, 3.63) is 35.9 Å². The summed E-state index contributed by atoms with van der Waals surface area (Å²) in [6.07, 6.45) is -0.0617. The van der Waals surface area contributed by atoms with Crippen LogP contribution in [0.3, 0.4) is 0 Å². The molecule has 0 fully saturated rings. The molecule has 3 N–H and O–H groups in total. The Morgan fingerprint density at radius 1 is 1.00 bits per heavy atom. The van der Waals surface area contributed by atoms with E-state index in [-0.39, 0.29) is 6.16 Å². The zero-order chi connectivity index (χ0) is 8.32. The van der Waals surface area contributed by atoms with Crippen LogP contribution in [-0.2, 0) is 6.16 Å². The molecule has 0 heterocycles. The Hall–Kier alpha value is -0.470. The molecule has 0 bridgehead atoms. The van der Waals surface area contributed by atoms with Gasteiger partial charge in [0.15, 0.2) is 6.16 Å². The van der Waals surface area contributed by atoms with Gasteiger partial charge in [0.25, 0.3) is 0 Å². The molecule has 0 aliphatic carbocycles. The minimum Gasteiger partial charge on any atom is -0.193 e. The van der Waals surface area contributed by atoms with Gasteiger partial charge in [0.05, 0.1) is 0 Å². The largest absolute Gasteiger partial charge is 0.408 e. The number of benzene rings is 1. The van der Waals surface area contributed by atoms with E-state index < -0.39 is 7.94 Å². The highest BCUT2D eigenvalue weighted by Gasteiger charge is 2.29. The first-order valence-corrected chi connectivity index (χ1v) is 5.01. The Morgan fingerprint density at radius 2 is 1.55 bits per heavy atom. The quantitative estimate of drug-likeness (QED) is 0.583. The Balaban J connectivity index is 2.66. The van der Waals surface area contributed by atoms with Gasteiger partial charge in [-0.05, 0) is 5.56 Å². The summed E-state index contributed by atoms with van der Waals surface area (Å²) in [5, 5.41) is 0. The topological polar surface area (TPSA) is 60.7 Å². The van der Waals surface area contributed by atoms with Crippen LogP contribution in [-0.4, -0.2) is 14.7 Å². The zero-order valence-electron chi connectivity index (χ0n) is 5.88. The first kappa shape index (κ1) is 8.62. The molecule has 0 radical (unpaired) electrons. The molecular weight excluding hydrogens is 163 g/mol. The second-order valence-electron chi connectivity index (χ2n) is 2.34. The lowest BCUT2D eigenvalue weighted by Gasteiger charge is -2.02. The van der Waals surface area contributed by atoms with Crippen molar-refractivity contribution in [3.8, 4) is 0 Å². The third kappa shape index (κ3) is 3.44. The van der Waals surface area contributed by atoms with Gasteiger partial charge < -0.3 is 0 Å². The first-order valence-electron chi connectivity index (χ1n) is 3.18. The van der Waals surface area contributed by atoms with Crippen LogP contribution >= 0.6 is 7.94 Å². The van der Waals surface area contributed by atoms with Crippen LogP contribution in [0.1, 0.15) is 5.56 Å². The fourth-order valence-electron chi connectivity index (χ4n) is 0.828. The molecule has 0 aliphatic heterocycles. The highest BCUT2D eigenvalue weighted by Crippen LogP contribution is 2.47. The predicted octanol–water partition coefficient (Wildman–Crippen LogP) is 0.926. The molecule has 0 aliphatic rings. The molecule has 1 rings (SSSR count). The lowest BCUT2D eigenvalue weighted by atomic mass is 10.2. The minimum absolute atomic E-state index is 0.0617. The number of hydrogen-bond donors (Lipinski definition) is 3. The Morgan fingerprint density at radius 3 is 2.00 bits per heavy atom. The van der Waals surface area contributed by atoms with Gasteiger partial charge in [-0.3, -0.25) is 0 Å². The van der Waals surface area contributed by atoms with E-state index in [0.29, 0.717) is 0 Å². The predicted molar refractivity (Wildman–Crippen MR) is 43.7 cm³/mol. The third-order valence-electron chi connectivity index (χ3n) is 1.24. The van der Waals surface area contributed by atoms with E-state index in [2.05, 4.69) is 0 Å². The molecule has 4 heteroatoms. The smallest absolute Gasteiger partial charge is 0.193 e. The average molecular weight is 173 g/mol. The number of hydrogen-bond acceptors (Lipinski definition) is 3. The van der Waals surface area contributed by atoms with Crippen LogP contribution in [0.5, 0.6) is 0 Å². The van der Waals surface area contributed by atoms with Crippen molar-refractivity contribution in [1.82, 2.24) is 0 Å². The van der Waals surface area contributed by atoms with E-state index in [9.17, 15) is 0 Å². The average Bonchev–Trinajstić information content (AvgIpc) is 1.85. The van der Waals surface area contributed by atoms with Crippen LogP contribution in [0.4, 0.5) is 0 Å². The molecule has 0 unspecified atom stereocenters. The van der Waals surface area contributed by atoms with Gasteiger partial charge in [0, 0.05) is 0 Å². The maximum absolute atomic E-state index is 8.69. The molecular formula is C7H10O3P+. The van der Waals surface area contributed by atoms with Crippen LogP contribution in [0, 0.1) is 0 Å². The molecule has 1 aromatic rings. The monoisotopic (exact) mass is 173 g/mol. The molecule has 0 saturated carbocycles. The molecule has 3 nitrogen and oxygen atoms in total. The van der Waals surface area contributed by atoms with Crippen LogP contribution in [0.15, 0.2) is 30.3 Å². The summed E-state index contributed by atoms with van der Waals surface area (Å²) in [6, 6.07) is 8.86. The minimum atomic E-state index is -3.64. The van der Waals surface area contributed by atoms with Gasteiger partial charge in [0.2, 0.25) is 0 Å². The molecule has 0 aromatic heterocycles. The lowest BCUT2D eigenvalue weighted by Crippen LogP contribution is -1.92. The van der Waals surface area contributed by atoms with Crippen molar-refractivity contribution in [3.63, 3.8) is 0 Å². The van der Waals surface area contributed by atoms with E-state index in [1.54, 1.807) is 24.3 Å². The van der Waals surface area contributed by atoms with Gasteiger partial charge in [-0.1, -0.05) is 30.3 Å². The van der Waals surface area contributed by atoms with Gasteiger partial charge in [-0.2, -0.15) is 14.7 Å².